The van der Waals surface area contributed by atoms with Gasteiger partial charge in [-0.1, -0.05) is 29.5 Å². The summed E-state index contributed by atoms with van der Waals surface area (Å²) in [5, 5.41) is 7.45. The molecule has 1 heterocycles. The number of carbonyl (C=O) groups excluding carboxylic acids is 2. The number of nitrogens with zero attached hydrogens (tertiary/aromatic N) is 1. The van der Waals surface area contributed by atoms with E-state index in [1.165, 1.54) is 23.1 Å². The van der Waals surface area contributed by atoms with Gasteiger partial charge >= 0.3 is 0 Å². The maximum absolute atomic E-state index is 12.0. The molecular formula is C17H21N3O2S2. The molecule has 2 N–H and O–H groups in total. The zero-order chi connectivity index (χ0) is 17.7. The molecule has 1 aromatic carbocycles. The third-order valence-electron chi connectivity index (χ3n) is 3.31. The summed E-state index contributed by atoms with van der Waals surface area (Å²) < 4.78 is 0.859. The molecule has 0 aliphatic carbocycles. The largest absolute Gasteiger partial charge is 0.346 e. The second-order valence-corrected chi connectivity index (χ2v) is 7.72. The lowest BCUT2D eigenvalue weighted by Gasteiger charge is -2.13. The molecule has 2 amide bonds. The van der Waals surface area contributed by atoms with Crippen molar-refractivity contribution < 1.29 is 9.59 Å². The molecule has 0 unspecified atom stereocenters. The number of thiazole rings is 1. The van der Waals surface area contributed by atoms with Crippen molar-refractivity contribution in [2.24, 2.45) is 0 Å². The second-order valence-electron chi connectivity index (χ2n) is 5.64. The van der Waals surface area contributed by atoms with E-state index in [0.29, 0.717) is 0 Å². The Morgan fingerprint density at radius 2 is 1.79 bits per heavy atom. The molecule has 0 fully saturated rings. The van der Waals surface area contributed by atoms with Gasteiger partial charge in [-0.25, -0.2) is 4.98 Å². The maximum Gasteiger partial charge on any atom is 0.243 e. The molecule has 0 spiro atoms. The van der Waals surface area contributed by atoms with Gasteiger partial charge in [0.15, 0.2) is 4.34 Å². The van der Waals surface area contributed by atoms with Gasteiger partial charge in [-0.15, -0.1) is 11.3 Å². The molecule has 0 radical (unpaired) electrons. The van der Waals surface area contributed by atoms with Crippen LogP contribution in [-0.2, 0) is 9.59 Å². The topological polar surface area (TPSA) is 71.1 Å². The van der Waals surface area contributed by atoms with Crippen LogP contribution in [0.5, 0.6) is 0 Å². The highest BCUT2D eigenvalue weighted by Crippen LogP contribution is 2.22. The average Bonchev–Trinajstić information content (AvgIpc) is 2.92. The summed E-state index contributed by atoms with van der Waals surface area (Å²) in [6, 6.07) is 4.04. The zero-order valence-electron chi connectivity index (χ0n) is 14.2. The van der Waals surface area contributed by atoms with Crippen LogP contribution in [0.25, 0.3) is 0 Å². The summed E-state index contributed by atoms with van der Waals surface area (Å²) >= 11 is 2.89. The van der Waals surface area contributed by atoms with E-state index >= 15 is 0 Å². The van der Waals surface area contributed by atoms with Gasteiger partial charge in [0, 0.05) is 16.8 Å². The molecule has 0 aliphatic heterocycles. The van der Waals surface area contributed by atoms with Crippen molar-refractivity contribution in [2.45, 2.75) is 32.0 Å². The van der Waals surface area contributed by atoms with Crippen molar-refractivity contribution in [1.82, 2.24) is 10.3 Å². The highest BCUT2D eigenvalue weighted by atomic mass is 32.2. The third-order valence-corrected chi connectivity index (χ3v) is 5.45. The molecule has 1 aromatic heterocycles. The van der Waals surface area contributed by atoms with E-state index in [2.05, 4.69) is 15.6 Å². The predicted molar refractivity (Wildman–Crippen MR) is 99.9 cm³/mol. The van der Waals surface area contributed by atoms with E-state index < -0.39 is 0 Å². The first-order chi connectivity index (χ1) is 11.3. The summed E-state index contributed by atoms with van der Waals surface area (Å²) in [5.74, 6) is -0.156. The van der Waals surface area contributed by atoms with Crippen LogP contribution in [0.4, 0.5) is 5.69 Å². The Morgan fingerprint density at radius 3 is 2.38 bits per heavy atom. The van der Waals surface area contributed by atoms with E-state index in [-0.39, 0.29) is 24.1 Å². The van der Waals surface area contributed by atoms with Crippen molar-refractivity contribution in [3.8, 4) is 0 Å². The minimum atomic E-state index is -0.228. The first kappa shape index (κ1) is 18.5. The number of aryl methyl sites for hydroxylation is 4. The van der Waals surface area contributed by atoms with Crippen molar-refractivity contribution in [2.75, 3.05) is 17.6 Å². The van der Waals surface area contributed by atoms with E-state index in [1.807, 2.05) is 45.2 Å². The lowest BCUT2D eigenvalue weighted by atomic mass is 10.1. The SMILES string of the molecule is Cc1cc(C)c(NC(=O)CNC(=O)CSc2nc(C)cs2)c(C)c1. The van der Waals surface area contributed by atoms with Crippen LogP contribution >= 0.6 is 23.1 Å². The second kappa shape index (κ2) is 8.30. The minimum absolute atomic E-state index is 0.0386. The number of nitrogens with one attached hydrogen (secondary N) is 2. The molecular weight excluding hydrogens is 342 g/mol. The summed E-state index contributed by atoms with van der Waals surface area (Å²) in [6.07, 6.45) is 0. The molecule has 0 bridgehead atoms. The monoisotopic (exact) mass is 363 g/mol. The van der Waals surface area contributed by atoms with Gasteiger partial charge in [0.05, 0.1) is 12.3 Å². The number of benzene rings is 1. The molecule has 2 aromatic rings. The van der Waals surface area contributed by atoms with Gasteiger partial charge in [0.1, 0.15) is 0 Å². The standard InChI is InChI=1S/C17H21N3O2S2/c1-10-5-11(2)16(12(3)6-10)20-14(21)7-18-15(22)9-24-17-19-13(4)8-23-17/h5-6,8H,7,9H2,1-4H3,(H,18,22)(H,20,21). The number of carbonyl (C=O) groups is 2. The fourth-order valence-electron chi connectivity index (χ4n) is 2.32. The molecule has 0 atom stereocenters. The number of rotatable bonds is 6. The molecule has 2 rings (SSSR count). The zero-order valence-corrected chi connectivity index (χ0v) is 15.9. The lowest BCUT2D eigenvalue weighted by molar-refractivity contribution is -0.122. The Hall–Kier alpha value is -1.86. The van der Waals surface area contributed by atoms with Crippen LogP contribution < -0.4 is 10.6 Å². The smallest absolute Gasteiger partial charge is 0.243 e. The Kier molecular flexibility index (Phi) is 6.39. The average molecular weight is 364 g/mol. The van der Waals surface area contributed by atoms with Crippen LogP contribution in [0, 0.1) is 27.7 Å². The van der Waals surface area contributed by atoms with Gasteiger partial charge in [-0.2, -0.15) is 0 Å². The van der Waals surface area contributed by atoms with Crippen molar-refractivity contribution in [1.29, 1.82) is 0 Å². The first-order valence-corrected chi connectivity index (χ1v) is 9.41. The number of amides is 2. The number of hydrogen-bond donors (Lipinski definition) is 2. The molecule has 7 heteroatoms. The van der Waals surface area contributed by atoms with Gasteiger partial charge in [0.25, 0.3) is 0 Å². The summed E-state index contributed by atoms with van der Waals surface area (Å²) in [6.45, 7) is 7.82. The Balaban J connectivity index is 1.79. The number of aromatic nitrogens is 1. The van der Waals surface area contributed by atoms with Gasteiger partial charge in [0.2, 0.25) is 11.8 Å². The van der Waals surface area contributed by atoms with Crippen molar-refractivity contribution in [3.05, 3.63) is 39.9 Å². The summed E-state index contributed by atoms with van der Waals surface area (Å²) in [4.78, 5) is 28.1. The highest BCUT2D eigenvalue weighted by Gasteiger charge is 2.10. The Labute approximate surface area is 150 Å². The summed E-state index contributed by atoms with van der Waals surface area (Å²) in [7, 11) is 0. The third kappa shape index (κ3) is 5.35. The minimum Gasteiger partial charge on any atom is -0.346 e. The molecule has 5 nitrogen and oxygen atoms in total. The van der Waals surface area contributed by atoms with Gasteiger partial charge in [-0.05, 0) is 38.8 Å². The Morgan fingerprint density at radius 1 is 1.12 bits per heavy atom. The summed E-state index contributed by atoms with van der Waals surface area (Å²) in [5.41, 5.74) is 4.95. The maximum atomic E-state index is 12.0. The molecule has 0 saturated carbocycles. The quantitative estimate of drug-likeness (QED) is 0.773. The normalized spacial score (nSPS) is 10.5. The predicted octanol–water partition coefficient (Wildman–Crippen LogP) is 3.22. The number of anilines is 1. The van der Waals surface area contributed by atoms with E-state index in [0.717, 1.165) is 32.4 Å². The highest BCUT2D eigenvalue weighted by molar-refractivity contribution is 8.01. The van der Waals surface area contributed by atoms with Crippen LogP contribution in [0.15, 0.2) is 21.9 Å². The van der Waals surface area contributed by atoms with Crippen LogP contribution in [0.1, 0.15) is 22.4 Å². The fourth-order valence-corrected chi connectivity index (χ4v) is 4.00. The first-order valence-electron chi connectivity index (χ1n) is 7.54. The van der Waals surface area contributed by atoms with Crippen LogP contribution in [0.3, 0.4) is 0 Å². The molecule has 0 saturated heterocycles. The Bertz CT molecular complexity index is 733. The number of thioether (sulfide) groups is 1. The van der Waals surface area contributed by atoms with Gasteiger partial charge < -0.3 is 10.6 Å². The molecule has 0 aliphatic rings. The van der Waals surface area contributed by atoms with Gasteiger partial charge in [-0.3, -0.25) is 9.59 Å². The van der Waals surface area contributed by atoms with E-state index in [4.69, 9.17) is 0 Å². The lowest BCUT2D eigenvalue weighted by Crippen LogP contribution is -2.34. The van der Waals surface area contributed by atoms with Crippen molar-refractivity contribution in [3.63, 3.8) is 0 Å². The van der Waals surface area contributed by atoms with Crippen molar-refractivity contribution >= 4 is 40.6 Å². The molecule has 128 valence electrons. The van der Waals surface area contributed by atoms with Crippen LogP contribution in [-0.4, -0.2) is 29.1 Å². The van der Waals surface area contributed by atoms with E-state index in [9.17, 15) is 9.59 Å². The number of hydrogen-bond acceptors (Lipinski definition) is 5. The molecule has 24 heavy (non-hydrogen) atoms. The fraction of sp³-hybridized carbons (Fsp3) is 0.353. The van der Waals surface area contributed by atoms with E-state index in [1.54, 1.807) is 0 Å². The van der Waals surface area contributed by atoms with Crippen LogP contribution in [0.2, 0.25) is 0 Å².